The summed E-state index contributed by atoms with van der Waals surface area (Å²) in [5.74, 6) is -0.301. The molecule has 2 amide bonds. The smallest absolute Gasteiger partial charge is 0.338 e. The SMILES string of the molecule is CN(Cc1ccccc1C(F)(F)F)C(=O)/C=C/c1ccc(N2CCCC2=O)cc1. The molecule has 2 aromatic carbocycles. The Morgan fingerprint density at radius 2 is 1.83 bits per heavy atom. The number of hydrogen-bond donors (Lipinski definition) is 0. The summed E-state index contributed by atoms with van der Waals surface area (Å²) in [6, 6.07) is 12.4. The van der Waals surface area contributed by atoms with E-state index in [1.54, 1.807) is 23.1 Å². The van der Waals surface area contributed by atoms with Crippen LogP contribution in [0.15, 0.2) is 54.6 Å². The summed E-state index contributed by atoms with van der Waals surface area (Å²) in [5, 5.41) is 0. The predicted octanol–water partition coefficient (Wildman–Crippen LogP) is 4.50. The van der Waals surface area contributed by atoms with E-state index in [4.69, 9.17) is 0 Å². The zero-order valence-electron chi connectivity index (χ0n) is 15.9. The average molecular weight is 402 g/mol. The van der Waals surface area contributed by atoms with Crippen molar-refractivity contribution in [3.63, 3.8) is 0 Å². The number of rotatable bonds is 5. The number of benzene rings is 2. The van der Waals surface area contributed by atoms with Crippen LogP contribution in [-0.4, -0.2) is 30.3 Å². The van der Waals surface area contributed by atoms with Crippen molar-refractivity contribution in [2.45, 2.75) is 25.6 Å². The minimum atomic E-state index is -4.46. The lowest BCUT2D eigenvalue weighted by Gasteiger charge is -2.19. The van der Waals surface area contributed by atoms with Gasteiger partial charge in [-0.25, -0.2) is 0 Å². The van der Waals surface area contributed by atoms with Gasteiger partial charge in [-0.2, -0.15) is 13.2 Å². The molecule has 1 aliphatic heterocycles. The second-order valence-electron chi connectivity index (χ2n) is 6.92. The first kappa shape index (κ1) is 20.6. The monoisotopic (exact) mass is 402 g/mol. The summed E-state index contributed by atoms with van der Waals surface area (Å²) in [7, 11) is 1.46. The number of carbonyl (C=O) groups excluding carboxylic acids is 2. The fourth-order valence-electron chi connectivity index (χ4n) is 3.25. The highest BCUT2D eigenvalue weighted by Crippen LogP contribution is 2.32. The highest BCUT2D eigenvalue weighted by molar-refractivity contribution is 5.95. The van der Waals surface area contributed by atoms with Crippen molar-refractivity contribution in [1.29, 1.82) is 0 Å². The van der Waals surface area contributed by atoms with E-state index < -0.39 is 17.6 Å². The first-order chi connectivity index (χ1) is 13.8. The highest BCUT2D eigenvalue weighted by atomic mass is 19.4. The third-order valence-corrected chi connectivity index (χ3v) is 4.80. The van der Waals surface area contributed by atoms with Gasteiger partial charge in [-0.05, 0) is 41.8 Å². The van der Waals surface area contributed by atoms with Crippen LogP contribution in [0, 0.1) is 0 Å². The number of carbonyl (C=O) groups is 2. The van der Waals surface area contributed by atoms with E-state index >= 15 is 0 Å². The zero-order chi connectivity index (χ0) is 21.0. The molecule has 0 saturated carbocycles. The molecule has 3 rings (SSSR count). The fraction of sp³-hybridized carbons (Fsp3) is 0.273. The van der Waals surface area contributed by atoms with E-state index in [1.807, 2.05) is 12.1 Å². The molecule has 1 saturated heterocycles. The zero-order valence-corrected chi connectivity index (χ0v) is 15.9. The van der Waals surface area contributed by atoms with E-state index in [-0.39, 0.29) is 18.0 Å². The Labute approximate surface area is 167 Å². The molecule has 1 heterocycles. The largest absolute Gasteiger partial charge is 0.416 e. The Hall–Kier alpha value is -3.09. The second kappa shape index (κ2) is 8.51. The van der Waals surface area contributed by atoms with Crippen LogP contribution in [0.4, 0.5) is 18.9 Å². The molecule has 1 fully saturated rings. The first-order valence-electron chi connectivity index (χ1n) is 9.24. The molecular formula is C22H21F3N2O2. The molecule has 4 nitrogen and oxygen atoms in total. The van der Waals surface area contributed by atoms with E-state index in [0.717, 1.165) is 23.7 Å². The molecule has 0 unspecified atom stereocenters. The number of hydrogen-bond acceptors (Lipinski definition) is 2. The van der Waals surface area contributed by atoms with Crippen LogP contribution in [0.25, 0.3) is 6.08 Å². The third-order valence-electron chi connectivity index (χ3n) is 4.80. The molecule has 0 spiro atoms. The summed E-state index contributed by atoms with van der Waals surface area (Å²) in [6.07, 6.45) is -0.135. The molecule has 2 aromatic rings. The van der Waals surface area contributed by atoms with Crippen molar-refractivity contribution in [1.82, 2.24) is 4.90 Å². The Kier molecular flexibility index (Phi) is 6.06. The molecule has 0 aromatic heterocycles. The van der Waals surface area contributed by atoms with Gasteiger partial charge in [-0.3, -0.25) is 9.59 Å². The lowest BCUT2D eigenvalue weighted by molar-refractivity contribution is -0.139. The van der Waals surface area contributed by atoms with Gasteiger partial charge in [0.15, 0.2) is 0 Å². The van der Waals surface area contributed by atoms with E-state index in [0.29, 0.717) is 13.0 Å². The number of anilines is 1. The lowest BCUT2D eigenvalue weighted by atomic mass is 10.1. The molecule has 0 radical (unpaired) electrons. The topological polar surface area (TPSA) is 40.6 Å². The number of amides is 2. The highest BCUT2D eigenvalue weighted by Gasteiger charge is 2.33. The van der Waals surface area contributed by atoms with Crippen LogP contribution < -0.4 is 4.90 Å². The van der Waals surface area contributed by atoms with Gasteiger partial charge in [0.2, 0.25) is 11.8 Å². The van der Waals surface area contributed by atoms with E-state index in [2.05, 4.69) is 0 Å². The third kappa shape index (κ3) is 5.04. The summed E-state index contributed by atoms with van der Waals surface area (Å²) >= 11 is 0. The van der Waals surface area contributed by atoms with Crippen molar-refractivity contribution >= 4 is 23.6 Å². The number of likely N-dealkylation sites (N-methyl/N-ethyl adjacent to an activating group) is 1. The number of nitrogens with zero attached hydrogens (tertiary/aromatic N) is 2. The normalized spacial score (nSPS) is 14.6. The van der Waals surface area contributed by atoms with Gasteiger partial charge in [-0.1, -0.05) is 30.3 Å². The van der Waals surface area contributed by atoms with Crippen LogP contribution in [0.3, 0.4) is 0 Å². The maximum absolute atomic E-state index is 13.1. The van der Waals surface area contributed by atoms with E-state index in [9.17, 15) is 22.8 Å². The molecule has 29 heavy (non-hydrogen) atoms. The van der Waals surface area contributed by atoms with Gasteiger partial charge >= 0.3 is 6.18 Å². The fourth-order valence-corrected chi connectivity index (χ4v) is 3.25. The minimum Gasteiger partial charge on any atom is -0.338 e. The van der Waals surface area contributed by atoms with Crippen molar-refractivity contribution in [2.75, 3.05) is 18.5 Å². The minimum absolute atomic E-state index is 0.0453. The van der Waals surface area contributed by atoms with Crippen LogP contribution in [0.2, 0.25) is 0 Å². The Bertz CT molecular complexity index is 920. The maximum Gasteiger partial charge on any atom is 0.416 e. The van der Waals surface area contributed by atoms with Crippen LogP contribution in [0.1, 0.15) is 29.5 Å². The molecule has 1 aliphatic rings. The predicted molar refractivity (Wildman–Crippen MR) is 105 cm³/mol. The van der Waals surface area contributed by atoms with Gasteiger partial charge in [0, 0.05) is 38.3 Å². The number of halogens is 3. The maximum atomic E-state index is 13.1. The van der Waals surface area contributed by atoms with Crippen LogP contribution >= 0.6 is 0 Å². The van der Waals surface area contributed by atoms with Gasteiger partial charge < -0.3 is 9.80 Å². The van der Waals surface area contributed by atoms with Gasteiger partial charge in [0.25, 0.3) is 0 Å². The van der Waals surface area contributed by atoms with Gasteiger partial charge in [0.1, 0.15) is 0 Å². The Balaban J connectivity index is 1.64. The summed E-state index contributed by atoms with van der Waals surface area (Å²) in [6.45, 7) is 0.561. The first-order valence-corrected chi connectivity index (χ1v) is 9.24. The molecule has 152 valence electrons. The summed E-state index contributed by atoms with van der Waals surface area (Å²) in [4.78, 5) is 27.0. The molecule has 0 bridgehead atoms. The van der Waals surface area contributed by atoms with E-state index in [1.165, 1.54) is 36.2 Å². The van der Waals surface area contributed by atoms with Crippen LogP contribution in [-0.2, 0) is 22.3 Å². The van der Waals surface area contributed by atoms with Crippen molar-refractivity contribution in [2.24, 2.45) is 0 Å². The van der Waals surface area contributed by atoms with Gasteiger partial charge in [0.05, 0.1) is 5.56 Å². The average Bonchev–Trinajstić information content (AvgIpc) is 3.12. The second-order valence-corrected chi connectivity index (χ2v) is 6.92. The standard InChI is InChI=1S/C22H21F3N2O2/c1-26(15-17-5-2-3-6-19(17)22(23,24)25)20(28)13-10-16-8-11-18(12-9-16)27-14-4-7-21(27)29/h2-3,5-6,8-13H,4,7,14-15H2,1H3/b13-10+. The molecule has 0 aliphatic carbocycles. The molecule has 7 heteroatoms. The number of alkyl halides is 3. The van der Waals surface area contributed by atoms with Crippen LogP contribution in [0.5, 0.6) is 0 Å². The Morgan fingerprint density at radius 1 is 1.14 bits per heavy atom. The summed E-state index contributed by atoms with van der Waals surface area (Å²) < 4.78 is 39.3. The van der Waals surface area contributed by atoms with Crippen molar-refractivity contribution in [3.05, 3.63) is 71.3 Å². The Morgan fingerprint density at radius 3 is 2.45 bits per heavy atom. The van der Waals surface area contributed by atoms with Crippen molar-refractivity contribution < 1.29 is 22.8 Å². The van der Waals surface area contributed by atoms with Crippen molar-refractivity contribution in [3.8, 4) is 0 Å². The summed E-state index contributed by atoms with van der Waals surface area (Å²) in [5.41, 5.74) is 0.884. The molecule has 0 atom stereocenters. The molecular weight excluding hydrogens is 381 g/mol. The lowest BCUT2D eigenvalue weighted by Crippen LogP contribution is -2.25. The quantitative estimate of drug-likeness (QED) is 0.691. The molecule has 0 N–H and O–H groups in total. The van der Waals surface area contributed by atoms with Gasteiger partial charge in [-0.15, -0.1) is 0 Å².